The number of ketones is 1. The summed E-state index contributed by atoms with van der Waals surface area (Å²) in [5, 5.41) is 12.0. The van der Waals surface area contributed by atoms with Gasteiger partial charge in [0.2, 0.25) is 23.6 Å². The Bertz CT molecular complexity index is 1480. The molecular weight excluding hydrogens is 857 g/mol. The van der Waals surface area contributed by atoms with Gasteiger partial charge in [-0.2, -0.15) is 0 Å². The molecule has 400 valence electrons. The Labute approximate surface area is 424 Å². The summed E-state index contributed by atoms with van der Waals surface area (Å²) in [5.41, 5.74) is 0. The highest BCUT2D eigenvalue weighted by atomic mass is 16.2. The van der Waals surface area contributed by atoms with Gasteiger partial charge in [-0.1, -0.05) is 76.2 Å². The summed E-state index contributed by atoms with van der Waals surface area (Å²) < 4.78 is 0. The van der Waals surface area contributed by atoms with Crippen LogP contribution in [0.15, 0.2) is 0 Å². The van der Waals surface area contributed by atoms with Crippen LogP contribution in [-0.4, -0.2) is 54.6 Å². The van der Waals surface area contributed by atoms with Crippen LogP contribution >= 0.6 is 0 Å². The molecule has 0 aromatic carbocycles. The molecule has 7 fully saturated rings. The van der Waals surface area contributed by atoms with Crippen molar-refractivity contribution in [3.05, 3.63) is 0 Å². The molecule has 0 aromatic rings. The van der Waals surface area contributed by atoms with Gasteiger partial charge in [0.1, 0.15) is 5.78 Å². The Hall–Kier alpha value is -2.45. The largest absolute Gasteiger partial charge is 0.359 e. The van der Waals surface area contributed by atoms with Crippen LogP contribution in [0.1, 0.15) is 238 Å². The van der Waals surface area contributed by atoms with Crippen LogP contribution in [0.5, 0.6) is 0 Å². The molecule has 2 unspecified atom stereocenters. The van der Waals surface area contributed by atoms with Gasteiger partial charge < -0.3 is 21.3 Å². The first-order valence-electron chi connectivity index (χ1n) is 29.2. The van der Waals surface area contributed by atoms with E-state index in [1.165, 1.54) is 96.3 Å². The minimum Gasteiger partial charge on any atom is -0.359 e. The number of Topliss-reactive ketones (excluding diaryl/α,β-unsaturated/α-hetero) is 1. The predicted octanol–water partition coefficient (Wildman–Crippen LogP) is 13.3. The zero-order valence-electron chi connectivity index (χ0n) is 47.2. The fourth-order valence-electron chi connectivity index (χ4n) is 12.1. The lowest BCUT2D eigenvalue weighted by atomic mass is 9.76. The summed E-state index contributed by atoms with van der Waals surface area (Å²) in [6.45, 7) is 28.5. The van der Waals surface area contributed by atoms with Gasteiger partial charge in [-0.3, -0.25) is 24.0 Å². The SMILES string of the molecule is CC(=O)C1CCC(C(C)C)CC1.CC(=O)NC1CCC(C(C)C)CC1.CC(C)C1CCC(C(=O)NC2CC2)CC1.CC(C)C1CCC(C(=O)NC2CC2C)CC1.CNC(=O)C1CCC(C(C)C)CC1. The van der Waals surface area contributed by atoms with E-state index in [1.54, 1.807) is 20.9 Å². The average molecular weight is 968 g/mol. The maximum atomic E-state index is 12.0. The second-order valence-corrected chi connectivity index (χ2v) is 25.3. The summed E-state index contributed by atoms with van der Waals surface area (Å²) in [6, 6.07) is 1.48. The van der Waals surface area contributed by atoms with E-state index in [1.807, 2.05) is 0 Å². The Morgan fingerprint density at radius 3 is 0.884 bits per heavy atom. The highest BCUT2D eigenvalue weighted by Gasteiger charge is 2.37. The monoisotopic (exact) mass is 967 g/mol. The van der Waals surface area contributed by atoms with E-state index >= 15 is 0 Å². The Balaban J connectivity index is 0.000000229. The maximum Gasteiger partial charge on any atom is 0.223 e. The molecule has 7 rings (SSSR count). The number of hydrogen-bond acceptors (Lipinski definition) is 5. The molecule has 69 heavy (non-hydrogen) atoms. The van der Waals surface area contributed by atoms with Crippen molar-refractivity contribution in [2.75, 3.05) is 7.05 Å². The molecule has 0 heterocycles. The normalized spacial score (nSPS) is 32.0. The number of rotatable bonds is 12. The number of amides is 4. The van der Waals surface area contributed by atoms with Gasteiger partial charge >= 0.3 is 0 Å². The van der Waals surface area contributed by atoms with Crippen LogP contribution in [0.25, 0.3) is 0 Å². The van der Waals surface area contributed by atoms with E-state index in [4.69, 9.17) is 0 Å². The molecule has 0 radical (unpaired) electrons. The van der Waals surface area contributed by atoms with Crippen molar-refractivity contribution in [2.24, 2.45) is 88.8 Å². The highest BCUT2D eigenvalue weighted by Crippen LogP contribution is 2.37. The minimum absolute atomic E-state index is 0.119. The summed E-state index contributed by atoms with van der Waals surface area (Å²) >= 11 is 0. The molecule has 2 atom stereocenters. The van der Waals surface area contributed by atoms with Crippen molar-refractivity contribution >= 4 is 29.4 Å². The highest BCUT2D eigenvalue weighted by molar-refractivity contribution is 5.80. The first-order chi connectivity index (χ1) is 32.6. The van der Waals surface area contributed by atoms with Gasteiger partial charge in [-0.05, 0) is 220 Å². The molecule has 7 saturated carbocycles. The molecular formula is C60H110N4O5. The molecule has 0 bridgehead atoms. The lowest BCUT2D eigenvalue weighted by Gasteiger charge is -2.31. The summed E-state index contributed by atoms with van der Waals surface area (Å²) in [4.78, 5) is 57.0. The molecule has 0 spiro atoms. The Kier molecular flexibility index (Phi) is 27.5. The fourth-order valence-corrected chi connectivity index (χ4v) is 12.1. The van der Waals surface area contributed by atoms with Gasteiger partial charge in [0.25, 0.3) is 0 Å². The van der Waals surface area contributed by atoms with E-state index < -0.39 is 0 Å². The van der Waals surface area contributed by atoms with Crippen molar-refractivity contribution in [2.45, 2.75) is 256 Å². The number of carbonyl (C=O) groups is 5. The first-order valence-corrected chi connectivity index (χ1v) is 29.2. The second-order valence-electron chi connectivity index (χ2n) is 25.3. The maximum absolute atomic E-state index is 12.0. The first kappa shape index (κ1) is 60.9. The second kappa shape index (κ2) is 31.2. The number of nitrogens with one attached hydrogen (secondary N) is 4. The smallest absolute Gasteiger partial charge is 0.223 e. The lowest BCUT2D eigenvalue weighted by molar-refractivity contribution is -0.127. The van der Waals surface area contributed by atoms with E-state index in [-0.39, 0.29) is 11.8 Å². The zero-order chi connectivity index (χ0) is 51.4. The molecule has 4 N–H and O–H groups in total. The van der Waals surface area contributed by atoms with Crippen molar-refractivity contribution in [3.63, 3.8) is 0 Å². The van der Waals surface area contributed by atoms with Crippen LogP contribution in [0.3, 0.4) is 0 Å². The third-order valence-corrected chi connectivity index (χ3v) is 18.3. The van der Waals surface area contributed by atoms with Crippen LogP contribution in [-0.2, 0) is 24.0 Å². The van der Waals surface area contributed by atoms with E-state index in [2.05, 4.69) is 97.4 Å². The lowest BCUT2D eigenvalue weighted by Crippen LogP contribution is -2.36. The third kappa shape index (κ3) is 23.3. The van der Waals surface area contributed by atoms with E-state index in [0.717, 1.165) is 116 Å². The van der Waals surface area contributed by atoms with E-state index in [0.29, 0.717) is 59.4 Å². The van der Waals surface area contributed by atoms with Crippen molar-refractivity contribution in [1.82, 2.24) is 21.3 Å². The summed E-state index contributed by atoms with van der Waals surface area (Å²) in [5.74, 6) is 11.7. The van der Waals surface area contributed by atoms with Gasteiger partial charge in [0.05, 0.1) is 0 Å². The molecule has 9 heteroatoms. The molecule has 0 saturated heterocycles. The number of carbonyl (C=O) groups excluding carboxylic acids is 5. The van der Waals surface area contributed by atoms with Gasteiger partial charge in [-0.15, -0.1) is 0 Å². The van der Waals surface area contributed by atoms with Crippen molar-refractivity contribution in [1.29, 1.82) is 0 Å². The van der Waals surface area contributed by atoms with Gasteiger partial charge in [0, 0.05) is 55.8 Å². The molecule has 4 amide bonds. The topological polar surface area (TPSA) is 133 Å². The average Bonchev–Trinajstić information content (AvgIpc) is 4.28. The van der Waals surface area contributed by atoms with Crippen molar-refractivity contribution < 1.29 is 24.0 Å². The minimum atomic E-state index is 0.119. The van der Waals surface area contributed by atoms with Crippen LogP contribution < -0.4 is 21.3 Å². The predicted molar refractivity (Wildman–Crippen MR) is 287 cm³/mol. The zero-order valence-corrected chi connectivity index (χ0v) is 47.2. The number of hydrogen-bond donors (Lipinski definition) is 4. The van der Waals surface area contributed by atoms with Gasteiger partial charge in [-0.25, -0.2) is 0 Å². The van der Waals surface area contributed by atoms with E-state index in [9.17, 15) is 24.0 Å². The van der Waals surface area contributed by atoms with Crippen molar-refractivity contribution in [3.8, 4) is 0 Å². The quantitative estimate of drug-likeness (QED) is 0.155. The van der Waals surface area contributed by atoms with Gasteiger partial charge in [0.15, 0.2) is 0 Å². The molecule has 7 aliphatic rings. The molecule has 0 aliphatic heterocycles. The van der Waals surface area contributed by atoms with Crippen LogP contribution in [0.2, 0.25) is 0 Å². The Morgan fingerprint density at radius 2 is 0.623 bits per heavy atom. The van der Waals surface area contributed by atoms with Crippen LogP contribution in [0.4, 0.5) is 0 Å². The third-order valence-electron chi connectivity index (χ3n) is 18.3. The van der Waals surface area contributed by atoms with Crippen LogP contribution in [0, 0.1) is 88.8 Å². The fraction of sp³-hybridized carbons (Fsp3) is 0.917. The Morgan fingerprint density at radius 1 is 0.362 bits per heavy atom. The molecule has 0 aromatic heterocycles. The molecule has 7 aliphatic carbocycles. The summed E-state index contributed by atoms with van der Waals surface area (Å²) in [7, 11) is 1.73. The standard InChI is InChI=1S/C14H25NO.C13H23NO.2C11H21NO.C11H20O/c1-9(2)11-4-6-12(7-5-11)14(16)15-13-8-10(13)3;1-9(2)10-3-5-11(6-4-10)13(15)14-12-7-8-12;1-8(2)9-4-6-10(7-5-9)11(13)12-3;1-8(2)10-4-6-11(7-5-10)12-9(3)13;1-8(2)10-4-6-11(7-5-10)9(3)12/h9-13H,4-8H2,1-3H3,(H,15,16);9-12H,3-8H2,1-2H3,(H,14,15);8-10H,4-7H2,1-3H3,(H,12,13);8,10-11H,4-7H2,1-3H3,(H,12,13);8,10-11H,4-7H2,1-3H3. The molecule has 9 nitrogen and oxygen atoms in total. The summed E-state index contributed by atoms with van der Waals surface area (Å²) in [6.07, 6.45) is 27.4.